The van der Waals surface area contributed by atoms with Crippen molar-refractivity contribution in [3.05, 3.63) is 33.9 Å². The Labute approximate surface area is 151 Å². The van der Waals surface area contributed by atoms with E-state index >= 15 is 0 Å². The van der Waals surface area contributed by atoms with Gasteiger partial charge in [-0.1, -0.05) is 6.07 Å². The third-order valence-electron chi connectivity index (χ3n) is 3.83. The van der Waals surface area contributed by atoms with E-state index in [2.05, 4.69) is 0 Å². The van der Waals surface area contributed by atoms with Crippen LogP contribution in [0.3, 0.4) is 0 Å². The molecule has 1 aromatic carbocycles. The van der Waals surface area contributed by atoms with Crippen LogP contribution in [0.1, 0.15) is 44.0 Å². The number of nitrogens with two attached hydrogens (primary N) is 1. The summed E-state index contributed by atoms with van der Waals surface area (Å²) in [7, 11) is 0. The molecule has 1 heterocycles. The van der Waals surface area contributed by atoms with E-state index in [0.29, 0.717) is 25.9 Å². The molecule has 9 heteroatoms. The lowest BCUT2D eigenvalue weighted by atomic mass is 10.1. The Morgan fingerprint density at radius 3 is 2.38 bits per heavy atom. The summed E-state index contributed by atoms with van der Waals surface area (Å²) in [5.41, 5.74) is 4.38. The minimum absolute atomic E-state index is 0.0335. The van der Waals surface area contributed by atoms with Crippen molar-refractivity contribution in [1.29, 1.82) is 0 Å². The second kappa shape index (κ2) is 7.59. The molecule has 0 spiro atoms. The van der Waals surface area contributed by atoms with Gasteiger partial charge in [-0.05, 0) is 26.8 Å². The van der Waals surface area contributed by atoms with Gasteiger partial charge >= 0.3 is 11.8 Å². The van der Waals surface area contributed by atoms with Crippen LogP contribution in [0, 0.1) is 10.1 Å². The molecule has 1 fully saturated rings. The first-order valence-corrected chi connectivity index (χ1v) is 8.30. The number of primary amides is 1. The second-order valence-electron chi connectivity index (χ2n) is 7.06. The van der Waals surface area contributed by atoms with E-state index in [9.17, 15) is 19.7 Å². The zero-order chi connectivity index (χ0) is 19.5. The smallest absolute Gasteiger partial charge is 0.410 e. The largest absolute Gasteiger partial charge is 0.483 e. The average molecular weight is 365 g/mol. The van der Waals surface area contributed by atoms with Gasteiger partial charge in [-0.3, -0.25) is 14.9 Å². The molecule has 2 amide bonds. The van der Waals surface area contributed by atoms with Crippen LogP contribution in [0.4, 0.5) is 10.5 Å². The standard InChI is InChI=1S/C17H23N3O6/c1-17(2,3)26-16(22)19-9-7-11(8-10-19)25-14-12(15(18)21)5-4-6-13(14)20(23)24/h4-6,11H,7-10H2,1-3H3,(H2,18,21). The lowest BCUT2D eigenvalue weighted by molar-refractivity contribution is -0.386. The van der Waals surface area contributed by atoms with E-state index in [4.69, 9.17) is 15.2 Å². The first-order valence-electron chi connectivity index (χ1n) is 8.30. The van der Waals surface area contributed by atoms with Crippen LogP contribution in [0.2, 0.25) is 0 Å². The van der Waals surface area contributed by atoms with Gasteiger partial charge in [0.2, 0.25) is 5.75 Å². The van der Waals surface area contributed by atoms with E-state index in [1.165, 1.54) is 18.2 Å². The molecule has 0 radical (unpaired) electrons. The third kappa shape index (κ3) is 4.84. The summed E-state index contributed by atoms with van der Waals surface area (Å²) in [6.07, 6.45) is 0.153. The summed E-state index contributed by atoms with van der Waals surface area (Å²) in [6, 6.07) is 4.04. The monoisotopic (exact) mass is 365 g/mol. The highest BCUT2D eigenvalue weighted by Gasteiger charge is 2.30. The minimum atomic E-state index is -0.796. The number of likely N-dealkylation sites (tertiary alicyclic amines) is 1. The Kier molecular flexibility index (Phi) is 5.69. The molecule has 26 heavy (non-hydrogen) atoms. The molecule has 2 N–H and O–H groups in total. The highest BCUT2D eigenvalue weighted by Crippen LogP contribution is 2.33. The summed E-state index contributed by atoms with van der Waals surface area (Å²) in [5, 5.41) is 11.2. The number of piperidine rings is 1. The molecule has 0 aromatic heterocycles. The highest BCUT2D eigenvalue weighted by molar-refractivity contribution is 5.97. The van der Waals surface area contributed by atoms with Crippen LogP contribution in [-0.2, 0) is 4.74 Å². The fourth-order valence-corrected chi connectivity index (χ4v) is 2.64. The van der Waals surface area contributed by atoms with Crippen LogP contribution < -0.4 is 10.5 Å². The van der Waals surface area contributed by atoms with Gasteiger partial charge in [-0.15, -0.1) is 0 Å². The molecule has 0 saturated carbocycles. The van der Waals surface area contributed by atoms with E-state index in [-0.39, 0.29) is 23.1 Å². The number of benzene rings is 1. The van der Waals surface area contributed by atoms with Crippen LogP contribution in [0.25, 0.3) is 0 Å². The SMILES string of the molecule is CC(C)(C)OC(=O)N1CCC(Oc2c(C(N)=O)cccc2[N+](=O)[O-])CC1. The predicted molar refractivity (Wildman–Crippen MR) is 93.1 cm³/mol. The average Bonchev–Trinajstić information content (AvgIpc) is 2.53. The maximum atomic E-state index is 12.1. The van der Waals surface area contributed by atoms with Crippen LogP contribution in [0.15, 0.2) is 18.2 Å². The van der Waals surface area contributed by atoms with E-state index < -0.39 is 22.5 Å². The Balaban J connectivity index is 2.07. The van der Waals surface area contributed by atoms with Crippen molar-refractivity contribution in [2.24, 2.45) is 5.73 Å². The normalized spacial score (nSPS) is 15.4. The first kappa shape index (κ1) is 19.5. The van der Waals surface area contributed by atoms with Crippen molar-refractivity contribution in [3.63, 3.8) is 0 Å². The minimum Gasteiger partial charge on any atom is -0.483 e. The lowest BCUT2D eigenvalue weighted by Gasteiger charge is -2.33. The first-order chi connectivity index (χ1) is 12.1. The summed E-state index contributed by atoms with van der Waals surface area (Å²) >= 11 is 0. The summed E-state index contributed by atoms with van der Waals surface area (Å²) in [6.45, 7) is 6.17. The molecule has 2 rings (SSSR count). The van der Waals surface area contributed by atoms with Gasteiger partial charge in [0.15, 0.2) is 0 Å². The molecule has 0 atom stereocenters. The van der Waals surface area contributed by atoms with E-state index in [0.717, 1.165) is 0 Å². The van der Waals surface area contributed by atoms with Gasteiger partial charge < -0.3 is 20.1 Å². The number of para-hydroxylation sites is 1. The Hall–Kier alpha value is -2.84. The highest BCUT2D eigenvalue weighted by atomic mass is 16.6. The summed E-state index contributed by atoms with van der Waals surface area (Å²) < 4.78 is 11.1. The van der Waals surface area contributed by atoms with Gasteiger partial charge in [0.25, 0.3) is 5.91 Å². The van der Waals surface area contributed by atoms with Crippen molar-refractivity contribution in [1.82, 2.24) is 4.90 Å². The van der Waals surface area contributed by atoms with Gasteiger partial charge in [-0.2, -0.15) is 0 Å². The zero-order valence-corrected chi connectivity index (χ0v) is 15.1. The number of carbonyl (C=O) groups is 2. The summed E-state index contributed by atoms with van der Waals surface area (Å²) in [4.78, 5) is 35.8. The van der Waals surface area contributed by atoms with Crippen molar-refractivity contribution in [2.75, 3.05) is 13.1 Å². The number of rotatable bonds is 4. The molecule has 0 unspecified atom stereocenters. The van der Waals surface area contributed by atoms with Crippen LogP contribution in [0.5, 0.6) is 5.75 Å². The molecule has 1 aromatic rings. The second-order valence-corrected chi connectivity index (χ2v) is 7.06. The number of nitrogens with zero attached hydrogens (tertiary/aromatic N) is 2. The van der Waals surface area contributed by atoms with Crippen molar-refractivity contribution in [3.8, 4) is 5.75 Å². The molecule has 1 aliphatic heterocycles. The maximum absolute atomic E-state index is 12.1. The molecule has 0 aliphatic carbocycles. The Bertz CT molecular complexity index is 673. The van der Waals surface area contributed by atoms with Crippen molar-refractivity contribution >= 4 is 17.7 Å². The Morgan fingerprint density at radius 1 is 1.27 bits per heavy atom. The predicted octanol–water partition coefficient (Wildman–Crippen LogP) is 2.47. The number of hydrogen-bond donors (Lipinski definition) is 1. The number of carbonyl (C=O) groups excluding carboxylic acids is 2. The Morgan fingerprint density at radius 2 is 1.88 bits per heavy atom. The molecule has 142 valence electrons. The number of amides is 2. The lowest BCUT2D eigenvalue weighted by Crippen LogP contribution is -2.44. The zero-order valence-electron chi connectivity index (χ0n) is 15.1. The van der Waals surface area contributed by atoms with Gasteiger partial charge in [0, 0.05) is 32.0 Å². The van der Waals surface area contributed by atoms with E-state index in [1.807, 2.05) is 0 Å². The summed E-state index contributed by atoms with van der Waals surface area (Å²) in [5.74, 6) is -0.921. The molecule has 9 nitrogen and oxygen atoms in total. The topological polar surface area (TPSA) is 125 Å². The number of hydrogen-bond acceptors (Lipinski definition) is 6. The molecular weight excluding hydrogens is 342 g/mol. The van der Waals surface area contributed by atoms with Crippen molar-refractivity contribution in [2.45, 2.75) is 45.3 Å². The number of nitro benzene ring substituents is 1. The fraction of sp³-hybridized carbons (Fsp3) is 0.529. The molecule has 1 saturated heterocycles. The van der Waals surface area contributed by atoms with Crippen LogP contribution >= 0.6 is 0 Å². The quantitative estimate of drug-likeness (QED) is 0.645. The number of ether oxygens (including phenoxy) is 2. The van der Waals surface area contributed by atoms with Gasteiger partial charge in [0.1, 0.15) is 11.7 Å². The maximum Gasteiger partial charge on any atom is 0.410 e. The van der Waals surface area contributed by atoms with Gasteiger partial charge in [-0.25, -0.2) is 4.79 Å². The molecular formula is C17H23N3O6. The number of nitro groups is 1. The van der Waals surface area contributed by atoms with Crippen molar-refractivity contribution < 1.29 is 24.0 Å². The fourth-order valence-electron chi connectivity index (χ4n) is 2.64. The van der Waals surface area contributed by atoms with Gasteiger partial charge in [0.05, 0.1) is 10.5 Å². The molecule has 1 aliphatic rings. The van der Waals surface area contributed by atoms with E-state index in [1.54, 1.807) is 25.7 Å². The van der Waals surface area contributed by atoms with Crippen LogP contribution in [-0.4, -0.2) is 46.6 Å². The molecule has 0 bridgehead atoms. The third-order valence-corrected chi connectivity index (χ3v) is 3.83.